The van der Waals surface area contributed by atoms with Gasteiger partial charge < -0.3 is 14.7 Å². The van der Waals surface area contributed by atoms with E-state index in [0.29, 0.717) is 5.56 Å². The molecule has 0 fully saturated rings. The molecule has 2 aliphatic carbocycles. The van der Waals surface area contributed by atoms with Crippen molar-refractivity contribution in [3.8, 4) is 11.1 Å². The topological polar surface area (TPSA) is 9.72 Å². The number of hydrogen-bond donors (Lipinski definition) is 0. The van der Waals surface area contributed by atoms with Gasteiger partial charge in [0.25, 0.3) is 6.71 Å². The van der Waals surface area contributed by atoms with Crippen molar-refractivity contribution >= 4 is 74.3 Å². The Hall–Kier alpha value is -7.56. The van der Waals surface area contributed by atoms with Crippen LogP contribution in [0.3, 0.4) is 0 Å². The molecule has 0 N–H and O–H groups in total. The molecule has 0 aromatic heterocycles. The number of nitrogens with zero attached hydrogens (tertiary/aromatic N) is 3. The van der Waals surface area contributed by atoms with E-state index in [-0.39, 0.29) is 44.6 Å². The smallest absolute Gasteiger partial charge is 0.252 e. The van der Waals surface area contributed by atoms with Crippen molar-refractivity contribution in [3.05, 3.63) is 237 Å². The van der Waals surface area contributed by atoms with E-state index in [1.54, 1.807) is 0 Å². The van der Waals surface area contributed by atoms with Gasteiger partial charge in [0.05, 0.1) is 5.69 Å². The fourth-order valence-electron chi connectivity index (χ4n) is 15.3. The third-order valence-corrected chi connectivity index (χ3v) is 20.6. The Bertz CT molecular complexity index is 4260. The average Bonchev–Trinajstić information content (AvgIpc) is 0.686. The van der Waals surface area contributed by atoms with Crippen LogP contribution >= 0.6 is 0 Å². The van der Waals surface area contributed by atoms with Crippen molar-refractivity contribution in [2.45, 2.75) is 182 Å². The number of fused-ring (bicyclic) bond motifs is 7. The molecule has 0 amide bonds. The molecule has 0 saturated heterocycles. The monoisotopic (exact) mass is 1130 g/mol. The van der Waals surface area contributed by atoms with E-state index in [4.69, 9.17) is 0 Å². The van der Waals surface area contributed by atoms with E-state index in [1.165, 1.54) is 55.5 Å². The van der Waals surface area contributed by atoms with Crippen molar-refractivity contribution < 1.29 is 4.11 Å². The number of hydrogen-bond acceptors (Lipinski definition) is 3. The highest BCUT2D eigenvalue weighted by Gasteiger charge is 2.49. The summed E-state index contributed by atoms with van der Waals surface area (Å²) in [6.45, 7) is 39.3. The van der Waals surface area contributed by atoms with Crippen LogP contribution in [0.25, 0.3) is 11.1 Å². The van der Waals surface area contributed by atoms with E-state index in [1.807, 2.05) is 12.1 Å². The molecule has 13 rings (SSSR count). The third-order valence-electron chi connectivity index (χ3n) is 20.6. The second-order valence-electron chi connectivity index (χ2n) is 31.3. The Labute approximate surface area is 520 Å². The molecule has 0 unspecified atom stereocenters. The Morgan fingerprint density at radius 2 is 0.860 bits per heavy atom. The zero-order valence-corrected chi connectivity index (χ0v) is 54.6. The Morgan fingerprint density at radius 3 is 1.40 bits per heavy atom. The first kappa shape index (κ1) is 53.9. The maximum absolute atomic E-state index is 9.51. The molecular formula is C82H90BN3. The number of anilines is 9. The quantitative estimate of drug-likeness (QED) is 0.154. The minimum absolute atomic E-state index is 0.0148. The van der Waals surface area contributed by atoms with Crippen LogP contribution in [-0.2, 0) is 37.9 Å². The molecule has 2 heterocycles. The van der Waals surface area contributed by atoms with Crippen LogP contribution in [0.2, 0.25) is 0 Å². The molecule has 436 valence electrons. The van der Waals surface area contributed by atoms with Gasteiger partial charge in [0, 0.05) is 66.0 Å². The molecule has 2 aliphatic heterocycles. The molecule has 0 spiro atoms. The van der Waals surface area contributed by atoms with Crippen molar-refractivity contribution in [2.24, 2.45) is 0 Å². The van der Waals surface area contributed by atoms with E-state index in [2.05, 4.69) is 303 Å². The van der Waals surface area contributed by atoms with Gasteiger partial charge in [0.2, 0.25) is 0 Å². The summed E-state index contributed by atoms with van der Waals surface area (Å²) in [6, 6.07) is 66.6. The summed E-state index contributed by atoms with van der Waals surface area (Å²) in [5, 5.41) is 0. The van der Waals surface area contributed by atoms with Gasteiger partial charge in [-0.05, 0) is 216 Å². The summed E-state index contributed by atoms with van der Waals surface area (Å²) in [5.41, 5.74) is 27.0. The Morgan fingerprint density at radius 1 is 0.407 bits per heavy atom. The first-order chi connectivity index (χ1) is 41.6. The van der Waals surface area contributed by atoms with Crippen LogP contribution in [0.5, 0.6) is 0 Å². The highest BCUT2D eigenvalue weighted by Crippen LogP contribution is 2.56. The van der Waals surface area contributed by atoms with Gasteiger partial charge in [-0.2, -0.15) is 0 Å². The molecule has 86 heavy (non-hydrogen) atoms. The molecule has 0 bridgehead atoms. The molecule has 9 aromatic carbocycles. The summed E-state index contributed by atoms with van der Waals surface area (Å²) in [4.78, 5) is 7.40. The molecule has 3 nitrogen and oxygen atoms in total. The second-order valence-corrected chi connectivity index (χ2v) is 31.3. The maximum Gasteiger partial charge on any atom is 0.252 e. The van der Waals surface area contributed by atoms with Gasteiger partial charge in [0.15, 0.2) is 0 Å². The average molecular weight is 1130 g/mol. The van der Waals surface area contributed by atoms with Crippen LogP contribution in [0.4, 0.5) is 51.2 Å². The zero-order valence-electron chi connectivity index (χ0n) is 57.6. The second kappa shape index (κ2) is 19.5. The lowest BCUT2D eigenvalue weighted by molar-refractivity contribution is 0.332. The van der Waals surface area contributed by atoms with Crippen molar-refractivity contribution in [1.82, 2.24) is 0 Å². The molecule has 4 aliphatic rings. The van der Waals surface area contributed by atoms with Crippen molar-refractivity contribution in [1.29, 1.82) is 0 Å². The molecule has 0 saturated carbocycles. The SMILES string of the molecule is [2H]C([2H])([2H])c1cc2c3c(c1)N(c1ccc(C(C)(C)C)cc1-c1ccccc1)c1cc4c(cc1B3c1cc(N(c3ccc(C(C)(C)C)cc3)c3ccc(C(C)(C)C)cc3)ccc1N2c1cc2c(cc1C)C(C)(C)CCC2(C)C)C(C)(C)c1ccccc1C4(C)C. The lowest BCUT2D eigenvalue weighted by Gasteiger charge is -2.49. The summed E-state index contributed by atoms with van der Waals surface area (Å²) < 4.78 is 28.5. The highest BCUT2D eigenvalue weighted by atomic mass is 15.2. The fourth-order valence-corrected chi connectivity index (χ4v) is 15.3. The summed E-state index contributed by atoms with van der Waals surface area (Å²) >= 11 is 0. The largest absolute Gasteiger partial charge is 0.311 e. The fraction of sp³-hybridized carbons (Fsp3) is 0.341. The van der Waals surface area contributed by atoms with Crippen molar-refractivity contribution in [3.63, 3.8) is 0 Å². The van der Waals surface area contributed by atoms with Gasteiger partial charge in [0.1, 0.15) is 0 Å². The minimum atomic E-state index is -2.45. The summed E-state index contributed by atoms with van der Waals surface area (Å²) in [5.74, 6) is 0. The van der Waals surface area contributed by atoms with Gasteiger partial charge in [-0.1, -0.05) is 215 Å². The standard InChI is InChI=1S/C82H90BN3/c1-51-43-73-75-74(44-51)86(71-49-64-63(45-52(71)2)79(12,13)41-42-80(64,14)15)70-40-38-59(84(57-34-29-54(30-35-57)76(3,4)5)58-36-31-55(32-37-58)77(6,7)8)47-67(70)83(75)68-48-65-66(82(18,19)62-28-24-23-27-61(62)81(65,16)17)50-72(68)85(73)69-39-33-56(78(9,10)11)46-60(69)53-25-21-20-22-26-53/h20-40,43-50H,41-42H2,1-19H3/i1D3. The van der Waals surface area contributed by atoms with Gasteiger partial charge in [-0.25, -0.2) is 0 Å². The van der Waals surface area contributed by atoms with E-state index >= 15 is 0 Å². The molecular weight excluding hydrogens is 1040 g/mol. The molecule has 9 aromatic rings. The predicted molar refractivity (Wildman–Crippen MR) is 372 cm³/mol. The third kappa shape index (κ3) is 9.12. The number of rotatable bonds is 6. The first-order valence-electron chi connectivity index (χ1n) is 33.2. The van der Waals surface area contributed by atoms with Crippen LogP contribution in [0.1, 0.15) is 196 Å². The van der Waals surface area contributed by atoms with E-state index < -0.39 is 6.85 Å². The van der Waals surface area contributed by atoms with Gasteiger partial charge in [-0.15, -0.1) is 0 Å². The summed E-state index contributed by atoms with van der Waals surface area (Å²) in [7, 11) is 0. The maximum atomic E-state index is 9.51. The lowest BCUT2D eigenvalue weighted by atomic mass is 9.33. The Kier molecular flexibility index (Phi) is 12.2. The number of benzene rings is 9. The lowest BCUT2D eigenvalue weighted by Crippen LogP contribution is -2.62. The van der Waals surface area contributed by atoms with Crippen LogP contribution in [0, 0.1) is 13.8 Å². The zero-order chi connectivity index (χ0) is 63.7. The molecule has 4 heteroatoms. The van der Waals surface area contributed by atoms with Gasteiger partial charge in [-0.3, -0.25) is 0 Å². The van der Waals surface area contributed by atoms with E-state index in [9.17, 15) is 4.11 Å². The number of aryl methyl sites for hydroxylation is 2. The van der Waals surface area contributed by atoms with Crippen molar-refractivity contribution in [2.75, 3.05) is 14.7 Å². The minimum Gasteiger partial charge on any atom is -0.311 e. The van der Waals surface area contributed by atoms with Crippen LogP contribution in [0.15, 0.2) is 176 Å². The van der Waals surface area contributed by atoms with Crippen LogP contribution in [-0.4, -0.2) is 6.71 Å². The molecule has 0 radical (unpaired) electrons. The highest BCUT2D eigenvalue weighted by molar-refractivity contribution is 7.00. The van der Waals surface area contributed by atoms with Crippen LogP contribution < -0.4 is 31.1 Å². The normalized spacial score (nSPS) is 17.4. The van der Waals surface area contributed by atoms with E-state index in [0.717, 1.165) is 91.6 Å². The Balaban J connectivity index is 1.19. The summed E-state index contributed by atoms with van der Waals surface area (Å²) in [6.07, 6.45) is 2.17. The van der Waals surface area contributed by atoms with Gasteiger partial charge >= 0.3 is 0 Å². The first-order valence-corrected chi connectivity index (χ1v) is 31.7. The predicted octanol–water partition coefficient (Wildman–Crippen LogP) is 20.7. The molecule has 0 atom stereocenters.